The molecule has 3 heteroatoms. The van der Waals surface area contributed by atoms with E-state index in [0.717, 1.165) is 37.9 Å². The predicted molar refractivity (Wildman–Crippen MR) is 92.7 cm³/mol. The van der Waals surface area contributed by atoms with E-state index in [-0.39, 0.29) is 6.42 Å². The van der Waals surface area contributed by atoms with Crippen LogP contribution in [0.5, 0.6) is 5.75 Å². The topological polar surface area (TPSA) is 46.5 Å². The lowest BCUT2D eigenvalue weighted by atomic mass is 10.1. The molecule has 122 valence electrons. The molecule has 0 radical (unpaired) electrons. The van der Waals surface area contributed by atoms with E-state index in [1.807, 2.05) is 30.3 Å². The van der Waals surface area contributed by atoms with Gasteiger partial charge in [-0.15, -0.1) is 0 Å². The Bertz CT molecular complexity index is 576. The molecule has 0 atom stereocenters. The van der Waals surface area contributed by atoms with Crippen LogP contribution in [0.2, 0.25) is 0 Å². The number of aliphatic carboxylic acids is 1. The highest BCUT2D eigenvalue weighted by atomic mass is 16.5. The molecule has 2 aromatic carbocycles. The van der Waals surface area contributed by atoms with Gasteiger partial charge in [-0.3, -0.25) is 4.79 Å². The number of rotatable bonds is 10. The van der Waals surface area contributed by atoms with Crippen LogP contribution in [-0.4, -0.2) is 17.7 Å². The fraction of sp³-hybridized carbons (Fsp3) is 0.350. The Hall–Kier alpha value is -2.29. The lowest BCUT2D eigenvalue weighted by molar-refractivity contribution is -0.137. The summed E-state index contributed by atoms with van der Waals surface area (Å²) in [4.78, 5) is 10.4. The SMILES string of the molecule is O=C(O)CCCCCCCOc1ccc(-c2ccccc2)cc1. The minimum atomic E-state index is -0.702. The first kappa shape index (κ1) is 17.1. The van der Waals surface area contributed by atoms with Gasteiger partial charge in [0.2, 0.25) is 0 Å². The second-order valence-corrected chi connectivity index (χ2v) is 5.65. The average molecular weight is 312 g/mol. The molecule has 0 aliphatic heterocycles. The number of unbranched alkanes of at least 4 members (excludes halogenated alkanes) is 4. The molecular weight excluding hydrogens is 288 g/mol. The smallest absolute Gasteiger partial charge is 0.303 e. The van der Waals surface area contributed by atoms with E-state index in [1.54, 1.807) is 0 Å². The van der Waals surface area contributed by atoms with Gasteiger partial charge in [0.25, 0.3) is 0 Å². The third-order valence-corrected chi connectivity index (χ3v) is 3.77. The second kappa shape index (κ2) is 9.67. The number of carboxylic acids is 1. The lowest BCUT2D eigenvalue weighted by Gasteiger charge is -2.07. The molecule has 0 spiro atoms. The number of carbonyl (C=O) groups is 1. The van der Waals surface area contributed by atoms with Gasteiger partial charge in [-0.2, -0.15) is 0 Å². The highest BCUT2D eigenvalue weighted by Gasteiger charge is 1.99. The van der Waals surface area contributed by atoms with Crippen molar-refractivity contribution in [2.75, 3.05) is 6.61 Å². The Morgan fingerprint density at radius 1 is 0.783 bits per heavy atom. The van der Waals surface area contributed by atoms with Crippen molar-refractivity contribution in [3.63, 3.8) is 0 Å². The summed E-state index contributed by atoms with van der Waals surface area (Å²) in [6.07, 6.45) is 5.21. The van der Waals surface area contributed by atoms with Crippen molar-refractivity contribution >= 4 is 5.97 Å². The van der Waals surface area contributed by atoms with Crippen molar-refractivity contribution in [2.24, 2.45) is 0 Å². The monoisotopic (exact) mass is 312 g/mol. The zero-order valence-corrected chi connectivity index (χ0v) is 13.4. The van der Waals surface area contributed by atoms with Gasteiger partial charge >= 0.3 is 5.97 Å². The van der Waals surface area contributed by atoms with E-state index in [9.17, 15) is 4.79 Å². The molecule has 0 saturated carbocycles. The summed E-state index contributed by atoms with van der Waals surface area (Å²) in [5, 5.41) is 8.55. The van der Waals surface area contributed by atoms with Crippen molar-refractivity contribution in [3.05, 3.63) is 54.6 Å². The summed E-state index contributed by atoms with van der Waals surface area (Å²) in [5.74, 6) is 0.197. The average Bonchev–Trinajstić information content (AvgIpc) is 2.58. The van der Waals surface area contributed by atoms with E-state index in [1.165, 1.54) is 11.1 Å². The Morgan fingerprint density at radius 3 is 2.09 bits per heavy atom. The van der Waals surface area contributed by atoms with Crippen LogP contribution in [0.4, 0.5) is 0 Å². The second-order valence-electron chi connectivity index (χ2n) is 5.65. The van der Waals surface area contributed by atoms with Gasteiger partial charge in [0.15, 0.2) is 0 Å². The molecule has 0 aromatic heterocycles. The minimum absolute atomic E-state index is 0.282. The Labute approximate surface area is 137 Å². The molecule has 2 rings (SSSR count). The lowest BCUT2D eigenvalue weighted by Crippen LogP contribution is -1.97. The zero-order chi connectivity index (χ0) is 16.3. The van der Waals surface area contributed by atoms with Crippen LogP contribution in [0.3, 0.4) is 0 Å². The van der Waals surface area contributed by atoms with Gasteiger partial charge in [0.05, 0.1) is 6.61 Å². The van der Waals surface area contributed by atoms with E-state index < -0.39 is 5.97 Å². The highest BCUT2D eigenvalue weighted by Crippen LogP contribution is 2.22. The fourth-order valence-electron chi connectivity index (χ4n) is 2.47. The van der Waals surface area contributed by atoms with Crippen molar-refractivity contribution in [3.8, 4) is 16.9 Å². The maximum absolute atomic E-state index is 10.4. The summed E-state index contributed by atoms with van der Waals surface area (Å²) in [6, 6.07) is 18.5. The Morgan fingerprint density at radius 2 is 1.39 bits per heavy atom. The van der Waals surface area contributed by atoms with E-state index >= 15 is 0 Å². The predicted octanol–water partition coefficient (Wildman–Crippen LogP) is 5.16. The summed E-state index contributed by atoms with van der Waals surface area (Å²) in [7, 11) is 0. The molecule has 23 heavy (non-hydrogen) atoms. The van der Waals surface area contributed by atoms with Crippen LogP contribution >= 0.6 is 0 Å². The van der Waals surface area contributed by atoms with Crippen LogP contribution in [0.25, 0.3) is 11.1 Å². The minimum Gasteiger partial charge on any atom is -0.494 e. The van der Waals surface area contributed by atoms with Crippen molar-refractivity contribution in [1.29, 1.82) is 0 Å². The van der Waals surface area contributed by atoms with Crippen LogP contribution in [0.15, 0.2) is 54.6 Å². The number of carboxylic acid groups (broad SMARTS) is 1. The molecule has 1 N–H and O–H groups in total. The molecule has 3 nitrogen and oxygen atoms in total. The summed E-state index contributed by atoms with van der Waals surface area (Å²) >= 11 is 0. The molecule has 0 bridgehead atoms. The van der Waals surface area contributed by atoms with E-state index in [4.69, 9.17) is 9.84 Å². The molecular formula is C20H24O3. The molecule has 0 heterocycles. The van der Waals surface area contributed by atoms with Gasteiger partial charge < -0.3 is 9.84 Å². The third kappa shape index (κ3) is 6.55. The summed E-state index contributed by atoms with van der Waals surface area (Å²) in [5.41, 5.74) is 2.40. The fourth-order valence-corrected chi connectivity index (χ4v) is 2.47. The van der Waals surface area contributed by atoms with Gasteiger partial charge in [-0.05, 0) is 36.1 Å². The van der Waals surface area contributed by atoms with E-state index in [2.05, 4.69) is 24.3 Å². The Kier molecular flexibility index (Phi) is 7.18. The maximum atomic E-state index is 10.4. The molecule has 0 aliphatic rings. The van der Waals surface area contributed by atoms with E-state index in [0.29, 0.717) is 6.61 Å². The molecule has 0 unspecified atom stereocenters. The Balaban J connectivity index is 1.62. The van der Waals surface area contributed by atoms with Crippen LogP contribution < -0.4 is 4.74 Å². The van der Waals surface area contributed by atoms with Crippen LogP contribution in [0.1, 0.15) is 38.5 Å². The first-order chi connectivity index (χ1) is 11.3. The molecule has 0 amide bonds. The number of ether oxygens (including phenoxy) is 1. The largest absolute Gasteiger partial charge is 0.494 e. The van der Waals surface area contributed by atoms with Crippen LogP contribution in [0, 0.1) is 0 Å². The normalized spacial score (nSPS) is 10.4. The number of hydrogen-bond donors (Lipinski definition) is 1. The summed E-state index contributed by atoms with van der Waals surface area (Å²) < 4.78 is 5.75. The van der Waals surface area contributed by atoms with Crippen molar-refractivity contribution < 1.29 is 14.6 Å². The van der Waals surface area contributed by atoms with Gasteiger partial charge in [0.1, 0.15) is 5.75 Å². The molecule has 0 fully saturated rings. The quantitative estimate of drug-likeness (QED) is 0.617. The highest BCUT2D eigenvalue weighted by molar-refractivity contribution is 5.66. The van der Waals surface area contributed by atoms with Gasteiger partial charge in [-0.1, -0.05) is 61.7 Å². The summed E-state index contributed by atoms with van der Waals surface area (Å²) in [6.45, 7) is 0.712. The van der Waals surface area contributed by atoms with Crippen molar-refractivity contribution in [1.82, 2.24) is 0 Å². The first-order valence-corrected chi connectivity index (χ1v) is 8.26. The first-order valence-electron chi connectivity index (χ1n) is 8.26. The number of benzene rings is 2. The van der Waals surface area contributed by atoms with Crippen LogP contribution in [-0.2, 0) is 4.79 Å². The molecule has 0 saturated heterocycles. The van der Waals surface area contributed by atoms with Gasteiger partial charge in [0, 0.05) is 6.42 Å². The zero-order valence-electron chi connectivity index (χ0n) is 13.4. The standard InChI is InChI=1S/C20H24O3/c21-20(22)11-7-2-1-3-8-16-23-19-14-12-18(13-15-19)17-9-5-4-6-10-17/h4-6,9-10,12-15H,1-3,7-8,11,16H2,(H,21,22). The maximum Gasteiger partial charge on any atom is 0.303 e. The third-order valence-electron chi connectivity index (χ3n) is 3.77. The molecule has 0 aliphatic carbocycles. The number of hydrogen-bond acceptors (Lipinski definition) is 2. The van der Waals surface area contributed by atoms with Gasteiger partial charge in [-0.25, -0.2) is 0 Å². The van der Waals surface area contributed by atoms with Crippen molar-refractivity contribution in [2.45, 2.75) is 38.5 Å². The molecule has 2 aromatic rings.